The van der Waals surface area contributed by atoms with Crippen LogP contribution in [0.1, 0.15) is 65.2 Å². The van der Waals surface area contributed by atoms with E-state index in [9.17, 15) is 25.0 Å². The summed E-state index contributed by atoms with van der Waals surface area (Å²) in [6.07, 6.45) is 6.42. The molecule has 0 amide bonds. The Bertz CT molecular complexity index is 396. The second-order valence-electron chi connectivity index (χ2n) is 7.17. The van der Waals surface area contributed by atoms with Crippen LogP contribution in [0.25, 0.3) is 0 Å². The van der Waals surface area contributed by atoms with Crippen LogP contribution in [0.15, 0.2) is 0 Å². The molecule has 1 aliphatic rings. The molecule has 1 aliphatic carbocycles. The number of aliphatic carboxylic acids is 2. The molecule has 0 spiro atoms. The van der Waals surface area contributed by atoms with Crippen molar-refractivity contribution in [1.82, 2.24) is 0 Å². The van der Waals surface area contributed by atoms with E-state index in [1.807, 2.05) is 13.8 Å². The molecule has 1 saturated carbocycles. The number of rotatable bonds is 10. The number of hydrogen-bond acceptors (Lipinski definition) is 7. The maximum absolute atomic E-state index is 12.2. The van der Waals surface area contributed by atoms with Gasteiger partial charge < -0.3 is 41.1 Å². The molecule has 0 heterocycles. The van der Waals surface area contributed by atoms with Crippen LogP contribution in [-0.2, 0) is 30.7 Å². The molecule has 1 fully saturated rings. The summed E-state index contributed by atoms with van der Waals surface area (Å²) in [5.41, 5.74) is 11.3. The van der Waals surface area contributed by atoms with Crippen LogP contribution in [0.5, 0.6) is 0 Å². The first-order valence-electron chi connectivity index (χ1n) is 9.66. The van der Waals surface area contributed by atoms with Crippen LogP contribution in [-0.4, -0.2) is 48.3 Å². The Morgan fingerprint density at radius 1 is 0.963 bits per heavy atom. The topological polar surface area (TPSA) is 155 Å². The summed E-state index contributed by atoms with van der Waals surface area (Å²) in [6, 6.07) is 0.562. The second-order valence-corrected chi connectivity index (χ2v) is 7.17. The summed E-state index contributed by atoms with van der Waals surface area (Å²) < 4.78 is -0.389. The molecule has 0 aromatic carbocycles. The molecule has 0 aromatic rings. The molecule has 162 valence electrons. The second kappa shape index (κ2) is 15.4. The quantitative estimate of drug-likeness (QED) is 0.199. The molecule has 4 N–H and O–H groups in total. The van der Waals surface area contributed by atoms with Crippen molar-refractivity contribution in [3.05, 3.63) is 5.21 Å². The van der Waals surface area contributed by atoms with Crippen molar-refractivity contribution in [3.63, 3.8) is 0 Å². The van der Waals surface area contributed by atoms with Crippen molar-refractivity contribution >= 4 is 11.9 Å². The zero-order valence-corrected chi connectivity index (χ0v) is 18.7. The maximum atomic E-state index is 12.2. The van der Waals surface area contributed by atoms with Gasteiger partial charge in [-0.15, -0.1) is 0 Å². The van der Waals surface area contributed by atoms with Gasteiger partial charge in [0.25, 0.3) is 0 Å². The average Bonchev–Trinajstić information content (AvgIpc) is 2.55. The molecule has 1 rings (SSSR count). The van der Waals surface area contributed by atoms with E-state index in [1.165, 1.54) is 12.8 Å². The van der Waals surface area contributed by atoms with Crippen molar-refractivity contribution in [2.45, 2.75) is 77.3 Å². The molecule has 0 aliphatic heterocycles. The van der Waals surface area contributed by atoms with Crippen molar-refractivity contribution < 1.29 is 45.5 Å². The minimum atomic E-state index is -1.65. The van der Waals surface area contributed by atoms with Gasteiger partial charge in [-0.1, -0.05) is 26.7 Å². The van der Waals surface area contributed by atoms with Crippen LogP contribution in [0.2, 0.25) is 0 Å². The zero-order valence-electron chi connectivity index (χ0n) is 16.5. The smallest absolute Gasteiger partial charge is 0.633 e. The van der Waals surface area contributed by atoms with Gasteiger partial charge >= 0.3 is 21.1 Å². The third-order valence-electron chi connectivity index (χ3n) is 4.76. The van der Waals surface area contributed by atoms with E-state index in [4.69, 9.17) is 11.5 Å². The van der Waals surface area contributed by atoms with Gasteiger partial charge in [0.05, 0.1) is 31.6 Å². The van der Waals surface area contributed by atoms with Crippen LogP contribution >= 0.6 is 0 Å². The number of hydrogen-bond donors (Lipinski definition) is 2. The van der Waals surface area contributed by atoms with Gasteiger partial charge in [0.15, 0.2) is 0 Å². The number of carbonyl (C=O) groups is 2. The minimum absolute atomic E-state index is 0. The van der Waals surface area contributed by atoms with Crippen molar-refractivity contribution in [3.8, 4) is 0 Å². The van der Waals surface area contributed by atoms with Gasteiger partial charge in [0.1, 0.15) is 0 Å². The van der Waals surface area contributed by atoms with Gasteiger partial charge in [0, 0.05) is 18.0 Å². The summed E-state index contributed by atoms with van der Waals surface area (Å²) in [6.45, 7) is 4.99. The van der Waals surface area contributed by atoms with E-state index in [0.717, 1.165) is 25.7 Å². The van der Waals surface area contributed by atoms with E-state index in [-0.39, 0.29) is 57.2 Å². The van der Waals surface area contributed by atoms with E-state index >= 15 is 0 Å². The Labute approximate surface area is 177 Å². The maximum Gasteiger partial charge on any atom is 2.00 e. The van der Waals surface area contributed by atoms with Crippen LogP contribution < -0.4 is 21.7 Å². The van der Waals surface area contributed by atoms with E-state index in [2.05, 4.69) is 0 Å². The molecule has 0 aromatic heterocycles. The Morgan fingerprint density at radius 3 is 1.67 bits per heavy atom. The molecule has 27 heavy (non-hydrogen) atoms. The number of quaternary nitrogens is 1. The fourth-order valence-corrected chi connectivity index (χ4v) is 3.25. The number of nitrogens with zero attached hydrogens (tertiary/aromatic N) is 1. The van der Waals surface area contributed by atoms with Gasteiger partial charge in [-0.3, -0.25) is 0 Å². The fraction of sp³-hybridized carbons (Fsp3) is 0.889. The molecule has 2 atom stereocenters. The molecule has 0 radical (unpaired) electrons. The van der Waals surface area contributed by atoms with Gasteiger partial charge in [-0.2, -0.15) is 0 Å². The SMILES string of the molecule is CCC[N+]([O-])(CCC)CCCC(C(=O)[O-])C(=O)[O-].NC1CCCCC1N.[Pt+2]. The van der Waals surface area contributed by atoms with Crippen molar-refractivity contribution in [2.75, 3.05) is 19.6 Å². The number of carboxylic acid groups (broad SMARTS) is 2. The number of carbonyl (C=O) groups excluding carboxylic acids is 2. The predicted molar refractivity (Wildman–Crippen MR) is 96.0 cm³/mol. The number of hydroxylamine groups is 3. The monoisotopic (exact) mass is 568 g/mol. The molecule has 8 nitrogen and oxygen atoms in total. The third-order valence-corrected chi connectivity index (χ3v) is 4.76. The molecule has 2 unspecified atom stereocenters. The summed E-state index contributed by atoms with van der Waals surface area (Å²) in [5.74, 6) is -4.92. The Kier molecular flexibility index (Phi) is 16.4. The average molecular weight is 569 g/mol. The van der Waals surface area contributed by atoms with E-state index in [1.54, 1.807) is 0 Å². The molecule has 0 bridgehead atoms. The summed E-state index contributed by atoms with van der Waals surface area (Å²) >= 11 is 0. The summed E-state index contributed by atoms with van der Waals surface area (Å²) in [5, 5.41) is 33.3. The summed E-state index contributed by atoms with van der Waals surface area (Å²) in [4.78, 5) is 21.1. The Hall–Kier alpha value is -0.532. The molecular weight excluding hydrogens is 533 g/mol. The molecule has 0 saturated heterocycles. The minimum Gasteiger partial charge on any atom is -0.633 e. The standard InChI is InChI=1S/C12H23NO5.C6H14N2.Pt/c1-3-7-13(18,8-4-2)9-5-6-10(11(14)15)12(16)17;7-5-3-1-2-4-6(5)8;/h10H,3-9H2,1-2H3,(H,14,15)(H,16,17);5-6H,1-4,7-8H2;/q;;+2/p-2. The molecular formula is C18H35N3O5Pt. The van der Waals surface area contributed by atoms with Gasteiger partial charge in [-0.25, -0.2) is 0 Å². The van der Waals surface area contributed by atoms with Crippen LogP contribution in [0.4, 0.5) is 0 Å². The zero-order chi connectivity index (χ0) is 20.2. The summed E-state index contributed by atoms with van der Waals surface area (Å²) in [7, 11) is 0. The first kappa shape index (κ1) is 28.7. The largest absolute Gasteiger partial charge is 2.00 e. The Morgan fingerprint density at radius 2 is 1.37 bits per heavy atom. The first-order chi connectivity index (χ1) is 12.2. The third kappa shape index (κ3) is 12.5. The predicted octanol–water partition coefficient (Wildman–Crippen LogP) is -0.770. The molecule has 9 heteroatoms. The van der Waals surface area contributed by atoms with Gasteiger partial charge in [-0.05, 0) is 38.5 Å². The van der Waals surface area contributed by atoms with Crippen molar-refractivity contribution in [1.29, 1.82) is 0 Å². The van der Waals surface area contributed by atoms with E-state index in [0.29, 0.717) is 13.1 Å². The normalized spacial score (nSPS) is 19.6. The fourth-order valence-electron chi connectivity index (χ4n) is 3.25. The van der Waals surface area contributed by atoms with Crippen LogP contribution in [0, 0.1) is 11.1 Å². The van der Waals surface area contributed by atoms with Crippen molar-refractivity contribution in [2.24, 2.45) is 17.4 Å². The number of nitrogens with two attached hydrogens (primary N) is 2. The van der Waals surface area contributed by atoms with Crippen LogP contribution in [0.3, 0.4) is 0 Å². The van der Waals surface area contributed by atoms with Gasteiger partial charge in [0.2, 0.25) is 0 Å². The van der Waals surface area contributed by atoms with E-state index < -0.39 is 17.9 Å². The number of carboxylic acids is 2. The first-order valence-corrected chi connectivity index (χ1v) is 9.66. The Balaban J connectivity index is 0.